The Morgan fingerprint density at radius 3 is 2.89 bits per heavy atom. The van der Waals surface area contributed by atoms with Crippen molar-refractivity contribution in [2.45, 2.75) is 25.8 Å². The Morgan fingerprint density at radius 2 is 2.33 bits per heavy atom. The maximum absolute atomic E-state index is 13.6. The Bertz CT molecular complexity index is 411. The molecule has 1 aliphatic heterocycles. The molecule has 2 atom stereocenters. The molecular weight excluding hydrogens is 295 g/mol. The van der Waals surface area contributed by atoms with E-state index >= 15 is 0 Å². The van der Waals surface area contributed by atoms with Crippen LogP contribution in [0.1, 0.15) is 31.4 Å². The summed E-state index contributed by atoms with van der Waals surface area (Å²) in [6.07, 6.45) is 2.44. The van der Waals surface area contributed by atoms with Gasteiger partial charge in [0.1, 0.15) is 5.82 Å². The van der Waals surface area contributed by atoms with E-state index in [9.17, 15) is 4.39 Å². The lowest BCUT2D eigenvalue weighted by Gasteiger charge is -2.27. The minimum atomic E-state index is -0.211. The van der Waals surface area contributed by atoms with Gasteiger partial charge < -0.3 is 5.73 Å². The maximum atomic E-state index is 13.6. The van der Waals surface area contributed by atoms with Gasteiger partial charge in [-0.1, -0.05) is 19.4 Å². The highest BCUT2D eigenvalue weighted by molar-refractivity contribution is 9.10. The van der Waals surface area contributed by atoms with Crippen molar-refractivity contribution in [3.8, 4) is 0 Å². The number of rotatable bonds is 4. The second kappa shape index (κ2) is 6.13. The number of nitrogens with zero attached hydrogens (tertiary/aromatic N) is 1. The molecule has 18 heavy (non-hydrogen) atoms. The number of nitrogens with two attached hydrogens (primary N) is 1. The van der Waals surface area contributed by atoms with E-state index < -0.39 is 0 Å². The Kier molecular flexibility index (Phi) is 4.76. The summed E-state index contributed by atoms with van der Waals surface area (Å²) in [5.74, 6) is 0.552. The van der Waals surface area contributed by atoms with Crippen LogP contribution in [0.15, 0.2) is 22.7 Å². The van der Waals surface area contributed by atoms with E-state index in [4.69, 9.17) is 5.73 Å². The average molecular weight is 315 g/mol. The van der Waals surface area contributed by atoms with Crippen LogP contribution >= 0.6 is 15.9 Å². The second-order valence-corrected chi connectivity index (χ2v) is 5.84. The zero-order valence-corrected chi connectivity index (χ0v) is 12.3. The molecule has 0 spiro atoms. The molecule has 1 aromatic carbocycles. The summed E-state index contributed by atoms with van der Waals surface area (Å²) in [5.41, 5.74) is 6.87. The second-order valence-electron chi connectivity index (χ2n) is 4.98. The predicted molar refractivity (Wildman–Crippen MR) is 75.9 cm³/mol. The first-order chi connectivity index (χ1) is 8.65. The molecule has 0 aromatic heterocycles. The van der Waals surface area contributed by atoms with Crippen LogP contribution in [-0.2, 0) is 0 Å². The molecule has 1 heterocycles. The molecule has 0 amide bonds. The highest BCUT2D eigenvalue weighted by Gasteiger charge is 2.27. The maximum Gasteiger partial charge on any atom is 0.137 e. The molecule has 4 heteroatoms. The molecule has 0 saturated carbocycles. The molecule has 1 saturated heterocycles. The third-order valence-corrected chi connectivity index (χ3v) is 4.53. The van der Waals surface area contributed by atoms with E-state index in [2.05, 4.69) is 27.8 Å². The minimum Gasteiger partial charge on any atom is -0.329 e. The fourth-order valence-corrected chi connectivity index (χ4v) is 2.94. The standard InChI is InChI=1S/C14H20BrFN2/c1-2-10-5-6-18(9-10)14(8-17)11-3-4-12(15)13(16)7-11/h3-4,7,10,14H,2,5-6,8-9,17H2,1H3. The lowest BCUT2D eigenvalue weighted by molar-refractivity contribution is 0.240. The van der Waals surface area contributed by atoms with Gasteiger partial charge in [-0.3, -0.25) is 4.90 Å². The summed E-state index contributed by atoms with van der Waals surface area (Å²) in [7, 11) is 0. The molecule has 100 valence electrons. The van der Waals surface area contributed by atoms with Gasteiger partial charge in [0.15, 0.2) is 0 Å². The average Bonchev–Trinajstić information content (AvgIpc) is 2.83. The van der Waals surface area contributed by atoms with Crippen LogP contribution in [0.25, 0.3) is 0 Å². The first kappa shape index (κ1) is 14.0. The summed E-state index contributed by atoms with van der Waals surface area (Å²) in [5, 5.41) is 0. The van der Waals surface area contributed by atoms with Crippen molar-refractivity contribution < 1.29 is 4.39 Å². The van der Waals surface area contributed by atoms with Crippen molar-refractivity contribution in [3.63, 3.8) is 0 Å². The number of benzene rings is 1. The van der Waals surface area contributed by atoms with E-state index in [1.54, 1.807) is 12.1 Å². The van der Waals surface area contributed by atoms with Gasteiger partial charge in [-0.05, 0) is 52.5 Å². The van der Waals surface area contributed by atoms with Gasteiger partial charge >= 0.3 is 0 Å². The lowest BCUT2D eigenvalue weighted by Crippen LogP contribution is -2.32. The van der Waals surface area contributed by atoms with E-state index in [-0.39, 0.29) is 11.9 Å². The molecule has 0 aliphatic carbocycles. The minimum absolute atomic E-state index is 0.143. The molecule has 0 radical (unpaired) electrons. The van der Waals surface area contributed by atoms with Gasteiger partial charge in [-0.25, -0.2) is 4.39 Å². The van der Waals surface area contributed by atoms with Crippen LogP contribution in [0.5, 0.6) is 0 Å². The van der Waals surface area contributed by atoms with Crippen molar-refractivity contribution in [2.24, 2.45) is 11.7 Å². The third kappa shape index (κ3) is 2.92. The van der Waals surface area contributed by atoms with E-state index in [0.29, 0.717) is 11.0 Å². The van der Waals surface area contributed by atoms with Gasteiger partial charge in [-0.2, -0.15) is 0 Å². The van der Waals surface area contributed by atoms with Gasteiger partial charge in [0.25, 0.3) is 0 Å². The smallest absolute Gasteiger partial charge is 0.137 e. The van der Waals surface area contributed by atoms with Crippen LogP contribution < -0.4 is 5.73 Å². The molecule has 2 unspecified atom stereocenters. The van der Waals surface area contributed by atoms with Crippen LogP contribution in [-0.4, -0.2) is 24.5 Å². The van der Waals surface area contributed by atoms with Crippen molar-refractivity contribution in [3.05, 3.63) is 34.1 Å². The van der Waals surface area contributed by atoms with Crippen molar-refractivity contribution in [2.75, 3.05) is 19.6 Å². The first-order valence-corrected chi connectivity index (χ1v) is 7.34. The van der Waals surface area contributed by atoms with E-state index in [1.807, 2.05) is 6.07 Å². The summed E-state index contributed by atoms with van der Waals surface area (Å²) in [6.45, 7) is 4.91. The molecule has 2 N–H and O–H groups in total. The molecule has 0 bridgehead atoms. The van der Waals surface area contributed by atoms with Gasteiger partial charge in [0.05, 0.1) is 4.47 Å². The number of hydrogen-bond acceptors (Lipinski definition) is 2. The molecule has 2 nitrogen and oxygen atoms in total. The summed E-state index contributed by atoms with van der Waals surface area (Å²) >= 11 is 3.18. The van der Waals surface area contributed by atoms with Crippen molar-refractivity contribution in [1.82, 2.24) is 4.90 Å². The SMILES string of the molecule is CCC1CCN(C(CN)c2ccc(Br)c(F)c2)C1. The summed E-state index contributed by atoms with van der Waals surface area (Å²) in [6, 6.07) is 5.47. The zero-order valence-electron chi connectivity index (χ0n) is 10.7. The van der Waals surface area contributed by atoms with E-state index in [1.165, 1.54) is 12.8 Å². The van der Waals surface area contributed by atoms with Gasteiger partial charge in [-0.15, -0.1) is 0 Å². The van der Waals surface area contributed by atoms with Crippen LogP contribution in [0.2, 0.25) is 0 Å². The topological polar surface area (TPSA) is 29.3 Å². The molecule has 2 rings (SSSR count). The zero-order chi connectivity index (χ0) is 13.1. The normalized spacial score (nSPS) is 22.3. The molecule has 1 aliphatic rings. The van der Waals surface area contributed by atoms with Crippen molar-refractivity contribution in [1.29, 1.82) is 0 Å². The fraction of sp³-hybridized carbons (Fsp3) is 0.571. The van der Waals surface area contributed by atoms with Gasteiger partial charge in [0, 0.05) is 19.1 Å². The predicted octanol–water partition coefficient (Wildman–Crippen LogP) is 3.32. The van der Waals surface area contributed by atoms with E-state index in [0.717, 1.165) is 24.6 Å². The lowest BCUT2D eigenvalue weighted by atomic mass is 10.0. The molecular formula is C14H20BrFN2. The quantitative estimate of drug-likeness (QED) is 0.923. The Hall–Kier alpha value is -0.450. The van der Waals surface area contributed by atoms with Gasteiger partial charge in [0.2, 0.25) is 0 Å². The third-order valence-electron chi connectivity index (χ3n) is 3.89. The largest absolute Gasteiger partial charge is 0.329 e. The number of likely N-dealkylation sites (tertiary alicyclic amines) is 1. The highest BCUT2D eigenvalue weighted by atomic mass is 79.9. The Balaban J connectivity index is 2.15. The number of hydrogen-bond donors (Lipinski definition) is 1. The van der Waals surface area contributed by atoms with Crippen molar-refractivity contribution >= 4 is 15.9 Å². The summed E-state index contributed by atoms with van der Waals surface area (Å²) in [4.78, 5) is 2.39. The van der Waals surface area contributed by atoms with Crippen LogP contribution in [0.4, 0.5) is 4.39 Å². The van der Waals surface area contributed by atoms with Crippen LogP contribution in [0, 0.1) is 11.7 Å². The summed E-state index contributed by atoms with van der Waals surface area (Å²) < 4.78 is 14.1. The monoisotopic (exact) mass is 314 g/mol. The fourth-order valence-electron chi connectivity index (χ4n) is 2.69. The number of halogens is 2. The first-order valence-electron chi connectivity index (χ1n) is 6.54. The van der Waals surface area contributed by atoms with Crippen LogP contribution in [0.3, 0.4) is 0 Å². The molecule has 1 fully saturated rings. The molecule has 1 aromatic rings. The highest BCUT2D eigenvalue weighted by Crippen LogP contribution is 2.29. The Morgan fingerprint density at radius 1 is 1.56 bits per heavy atom. The Labute approximate surface area is 116 Å².